The first-order chi connectivity index (χ1) is 11.9. The van der Waals surface area contributed by atoms with Gasteiger partial charge in [0.1, 0.15) is 0 Å². The van der Waals surface area contributed by atoms with Crippen molar-refractivity contribution in [2.45, 2.75) is 18.4 Å². The molecule has 7 nitrogen and oxygen atoms in total. The molecule has 0 N–H and O–H groups in total. The lowest BCUT2D eigenvalue weighted by Gasteiger charge is -2.22. The first-order valence-corrected chi connectivity index (χ1v) is 9.66. The summed E-state index contributed by atoms with van der Waals surface area (Å²) < 4.78 is 28.4. The average Bonchev–Trinajstić information content (AvgIpc) is 2.88. The Balaban J connectivity index is 1.74. The van der Waals surface area contributed by atoms with E-state index in [1.54, 1.807) is 16.5 Å². The number of hydrogen-bond acceptors (Lipinski definition) is 4. The van der Waals surface area contributed by atoms with Crippen LogP contribution in [0.25, 0.3) is 0 Å². The summed E-state index contributed by atoms with van der Waals surface area (Å²) in [6.07, 6.45) is 3.57. The Bertz CT molecular complexity index is 876. The van der Waals surface area contributed by atoms with Crippen LogP contribution >= 0.6 is 0 Å². The zero-order valence-corrected chi connectivity index (χ0v) is 15.2. The highest BCUT2D eigenvalue weighted by Crippen LogP contribution is 2.18. The van der Waals surface area contributed by atoms with Crippen molar-refractivity contribution in [2.75, 3.05) is 26.2 Å². The van der Waals surface area contributed by atoms with Crippen LogP contribution in [-0.2, 0) is 17.1 Å². The second kappa shape index (κ2) is 6.97. The molecule has 0 radical (unpaired) electrons. The number of rotatable bonds is 3. The molecule has 0 unspecified atom stereocenters. The molecule has 1 aromatic heterocycles. The lowest BCUT2D eigenvalue weighted by Crippen LogP contribution is -2.37. The summed E-state index contributed by atoms with van der Waals surface area (Å²) in [5.74, 6) is -0.0461. The maximum absolute atomic E-state index is 12.7. The van der Waals surface area contributed by atoms with Crippen molar-refractivity contribution >= 4 is 15.9 Å². The monoisotopic (exact) mass is 362 g/mol. The lowest BCUT2D eigenvalue weighted by molar-refractivity contribution is 0.0763. The van der Waals surface area contributed by atoms with Gasteiger partial charge >= 0.3 is 0 Å². The quantitative estimate of drug-likeness (QED) is 0.824. The zero-order chi connectivity index (χ0) is 18.0. The molecule has 25 heavy (non-hydrogen) atoms. The Morgan fingerprint density at radius 3 is 2.56 bits per heavy atom. The van der Waals surface area contributed by atoms with Crippen molar-refractivity contribution in [3.63, 3.8) is 0 Å². The number of carbonyl (C=O) groups is 1. The molecule has 1 aromatic carbocycles. The summed E-state index contributed by atoms with van der Waals surface area (Å²) in [5, 5.41) is 0.0497. The minimum absolute atomic E-state index is 0.0461. The van der Waals surface area contributed by atoms with Crippen LogP contribution in [0.3, 0.4) is 0 Å². The van der Waals surface area contributed by atoms with Crippen molar-refractivity contribution in [1.29, 1.82) is 0 Å². The van der Waals surface area contributed by atoms with Crippen LogP contribution in [0.4, 0.5) is 0 Å². The van der Waals surface area contributed by atoms with Crippen molar-refractivity contribution in [2.24, 2.45) is 7.05 Å². The van der Waals surface area contributed by atoms with Crippen LogP contribution < -0.4 is 0 Å². The van der Waals surface area contributed by atoms with Gasteiger partial charge in [-0.2, -0.15) is 4.31 Å². The number of imidazole rings is 1. The summed E-state index contributed by atoms with van der Waals surface area (Å²) in [7, 11) is -1.89. The van der Waals surface area contributed by atoms with E-state index in [4.69, 9.17) is 0 Å². The smallest absolute Gasteiger partial charge is 0.262 e. The van der Waals surface area contributed by atoms with Crippen molar-refractivity contribution in [3.8, 4) is 0 Å². The van der Waals surface area contributed by atoms with Crippen molar-refractivity contribution in [1.82, 2.24) is 18.8 Å². The van der Waals surface area contributed by atoms with E-state index in [1.807, 2.05) is 31.2 Å². The van der Waals surface area contributed by atoms with Crippen LogP contribution in [-0.4, -0.2) is 59.3 Å². The fourth-order valence-electron chi connectivity index (χ4n) is 2.97. The van der Waals surface area contributed by atoms with Gasteiger partial charge in [0, 0.05) is 45.0 Å². The van der Waals surface area contributed by atoms with E-state index < -0.39 is 10.0 Å². The molecular formula is C17H22N4O3S. The fraction of sp³-hybridized carbons (Fsp3) is 0.412. The third-order valence-electron chi connectivity index (χ3n) is 4.40. The molecular weight excluding hydrogens is 340 g/mol. The highest BCUT2D eigenvalue weighted by Gasteiger charge is 2.30. The fourth-order valence-corrected chi connectivity index (χ4v) is 4.41. The highest BCUT2D eigenvalue weighted by molar-refractivity contribution is 7.89. The first-order valence-electron chi connectivity index (χ1n) is 8.22. The largest absolute Gasteiger partial charge is 0.339 e. The van der Waals surface area contributed by atoms with E-state index in [9.17, 15) is 13.2 Å². The third-order valence-corrected chi connectivity index (χ3v) is 6.19. The van der Waals surface area contributed by atoms with Crippen LogP contribution in [0.1, 0.15) is 22.3 Å². The molecule has 0 bridgehead atoms. The summed E-state index contributed by atoms with van der Waals surface area (Å²) in [6.45, 7) is 3.48. The molecule has 134 valence electrons. The van der Waals surface area contributed by atoms with Crippen LogP contribution in [0, 0.1) is 6.92 Å². The van der Waals surface area contributed by atoms with Gasteiger partial charge in [0.25, 0.3) is 15.9 Å². The van der Waals surface area contributed by atoms with E-state index in [-0.39, 0.29) is 17.5 Å². The Hall–Kier alpha value is -2.19. The highest BCUT2D eigenvalue weighted by atomic mass is 32.2. The van der Waals surface area contributed by atoms with Gasteiger partial charge in [0.05, 0.1) is 6.33 Å². The summed E-state index contributed by atoms with van der Waals surface area (Å²) in [4.78, 5) is 18.4. The Kier molecular flexibility index (Phi) is 4.91. The molecule has 0 saturated carbocycles. The zero-order valence-electron chi connectivity index (χ0n) is 14.4. The summed E-state index contributed by atoms with van der Waals surface area (Å²) >= 11 is 0. The molecule has 2 aromatic rings. The van der Waals surface area contributed by atoms with E-state index in [0.717, 1.165) is 5.56 Å². The van der Waals surface area contributed by atoms with Gasteiger partial charge in [0.15, 0.2) is 5.03 Å². The molecule has 0 aliphatic carbocycles. The van der Waals surface area contributed by atoms with Crippen LogP contribution in [0.15, 0.2) is 41.8 Å². The number of nitrogens with zero attached hydrogens (tertiary/aromatic N) is 4. The molecule has 8 heteroatoms. The van der Waals surface area contributed by atoms with Crippen LogP contribution in [0.2, 0.25) is 0 Å². The Labute approximate surface area is 147 Å². The van der Waals surface area contributed by atoms with Gasteiger partial charge in [-0.05, 0) is 25.0 Å². The number of hydrogen-bond donors (Lipinski definition) is 0. The predicted octanol–water partition coefficient (Wildman–Crippen LogP) is 1.27. The van der Waals surface area contributed by atoms with Gasteiger partial charge in [-0.25, -0.2) is 13.4 Å². The molecule has 0 atom stereocenters. The van der Waals surface area contributed by atoms with E-state index in [0.29, 0.717) is 31.6 Å². The molecule has 1 fully saturated rings. The van der Waals surface area contributed by atoms with Gasteiger partial charge in [-0.15, -0.1) is 0 Å². The SMILES string of the molecule is Cc1ccccc1C(=O)N1CCCN(S(=O)(=O)c2cn(C)cn2)CC1. The summed E-state index contributed by atoms with van der Waals surface area (Å²) in [5.41, 5.74) is 1.60. The maximum Gasteiger partial charge on any atom is 0.262 e. The second-order valence-corrected chi connectivity index (χ2v) is 8.13. The van der Waals surface area contributed by atoms with Gasteiger partial charge < -0.3 is 9.47 Å². The number of aryl methyl sites for hydroxylation is 2. The van der Waals surface area contributed by atoms with Crippen LogP contribution in [0.5, 0.6) is 0 Å². The molecule has 1 aliphatic rings. The van der Waals surface area contributed by atoms with Crippen molar-refractivity contribution < 1.29 is 13.2 Å². The minimum Gasteiger partial charge on any atom is -0.339 e. The van der Waals surface area contributed by atoms with Gasteiger partial charge in [-0.3, -0.25) is 4.79 Å². The average molecular weight is 362 g/mol. The molecule has 3 rings (SSSR count). The second-order valence-electron chi connectivity index (χ2n) is 6.24. The molecule has 2 heterocycles. The Morgan fingerprint density at radius 2 is 1.88 bits per heavy atom. The van der Waals surface area contributed by atoms with E-state index in [1.165, 1.54) is 16.8 Å². The predicted molar refractivity (Wildman–Crippen MR) is 93.7 cm³/mol. The minimum atomic E-state index is -3.62. The normalized spacial score (nSPS) is 16.6. The number of aromatic nitrogens is 2. The van der Waals surface area contributed by atoms with Gasteiger partial charge in [0.2, 0.25) is 0 Å². The van der Waals surface area contributed by atoms with Gasteiger partial charge in [-0.1, -0.05) is 18.2 Å². The number of carbonyl (C=O) groups excluding carboxylic acids is 1. The Morgan fingerprint density at radius 1 is 1.12 bits per heavy atom. The third kappa shape index (κ3) is 3.59. The first kappa shape index (κ1) is 17.6. The van der Waals surface area contributed by atoms with E-state index >= 15 is 0 Å². The lowest BCUT2D eigenvalue weighted by atomic mass is 10.1. The topological polar surface area (TPSA) is 75.5 Å². The molecule has 1 amide bonds. The summed E-state index contributed by atoms with van der Waals surface area (Å²) in [6, 6.07) is 7.46. The number of amides is 1. The number of sulfonamides is 1. The molecule has 1 saturated heterocycles. The standard InChI is InChI=1S/C17H22N4O3S/c1-14-6-3-4-7-15(14)17(22)20-8-5-9-21(11-10-20)25(23,24)16-12-19(2)13-18-16/h3-4,6-7,12-13H,5,8-11H2,1-2H3. The maximum atomic E-state index is 12.7. The van der Waals surface area contributed by atoms with Crippen molar-refractivity contribution in [3.05, 3.63) is 47.9 Å². The van der Waals surface area contributed by atoms with E-state index in [2.05, 4.69) is 4.98 Å². The molecule has 1 aliphatic heterocycles. The number of benzene rings is 1. The molecule has 0 spiro atoms.